The van der Waals surface area contributed by atoms with Crippen LogP contribution in [0.4, 0.5) is 0 Å². The molecule has 0 aromatic carbocycles. The maximum absolute atomic E-state index is 12.8. The van der Waals surface area contributed by atoms with Gasteiger partial charge < -0.3 is 42.6 Å². The van der Waals surface area contributed by atoms with Gasteiger partial charge in [0.15, 0.2) is 0 Å². The molecule has 1 aromatic rings. The monoisotopic (exact) mass is 529 g/mol. The van der Waals surface area contributed by atoms with Crippen molar-refractivity contribution >= 4 is 47.3 Å². The van der Waals surface area contributed by atoms with E-state index in [1.165, 1.54) is 24.3 Å². The van der Waals surface area contributed by atoms with Crippen molar-refractivity contribution in [3.8, 4) is 0 Å². The van der Waals surface area contributed by atoms with Gasteiger partial charge in [0, 0.05) is 24.7 Å². The van der Waals surface area contributed by atoms with Gasteiger partial charge in [-0.05, 0) is 24.9 Å². The van der Waals surface area contributed by atoms with Crippen molar-refractivity contribution in [1.82, 2.24) is 25.9 Å². The third-order valence-electron chi connectivity index (χ3n) is 4.89. The summed E-state index contributed by atoms with van der Waals surface area (Å²) < 4.78 is 0. The summed E-state index contributed by atoms with van der Waals surface area (Å²) in [6, 6.07) is -5.43. The van der Waals surface area contributed by atoms with E-state index in [0.717, 1.165) is 0 Å². The van der Waals surface area contributed by atoms with Crippen molar-refractivity contribution in [1.29, 1.82) is 0 Å². The molecular weight excluding hydrogens is 498 g/mol. The number of carbonyl (C=O) groups excluding carboxylic acids is 4. The van der Waals surface area contributed by atoms with E-state index in [1.54, 1.807) is 0 Å². The first-order valence-corrected chi connectivity index (χ1v) is 12.2. The van der Waals surface area contributed by atoms with Crippen LogP contribution in [0.2, 0.25) is 0 Å². The molecule has 10 N–H and O–H groups in total. The number of primary amides is 1. The fraction of sp³-hybridized carbons (Fsp3) is 0.550. The van der Waals surface area contributed by atoms with Crippen LogP contribution >= 0.6 is 11.8 Å². The highest BCUT2D eigenvalue weighted by molar-refractivity contribution is 7.98. The smallest absolute Gasteiger partial charge is 0.326 e. The number of hydrogen-bond acceptors (Lipinski definition) is 9. The molecule has 36 heavy (non-hydrogen) atoms. The first kappa shape index (κ1) is 30.4. The van der Waals surface area contributed by atoms with E-state index in [4.69, 9.17) is 16.6 Å². The van der Waals surface area contributed by atoms with E-state index < -0.39 is 66.2 Å². The number of carbonyl (C=O) groups is 6. The van der Waals surface area contributed by atoms with Gasteiger partial charge in [0.05, 0.1) is 18.8 Å². The quantitative estimate of drug-likeness (QED) is 0.103. The van der Waals surface area contributed by atoms with Gasteiger partial charge in [-0.2, -0.15) is 11.8 Å². The van der Waals surface area contributed by atoms with E-state index >= 15 is 0 Å². The second-order valence-corrected chi connectivity index (χ2v) is 8.78. The summed E-state index contributed by atoms with van der Waals surface area (Å²) in [6.07, 6.45) is 3.19. The van der Waals surface area contributed by atoms with Crippen LogP contribution in [-0.4, -0.2) is 91.9 Å². The summed E-state index contributed by atoms with van der Waals surface area (Å²) in [6.45, 7) is 0. The molecule has 4 unspecified atom stereocenters. The number of H-pyrrole nitrogens is 1. The number of carboxylic acid groups (broad SMARTS) is 2. The van der Waals surface area contributed by atoms with Crippen LogP contribution in [0.15, 0.2) is 12.5 Å². The van der Waals surface area contributed by atoms with Gasteiger partial charge in [-0.25, -0.2) is 9.78 Å². The summed E-state index contributed by atoms with van der Waals surface area (Å²) in [4.78, 5) is 78.6. The molecule has 1 heterocycles. The molecule has 0 fully saturated rings. The molecule has 4 amide bonds. The Morgan fingerprint density at radius 2 is 1.61 bits per heavy atom. The Morgan fingerprint density at radius 3 is 2.14 bits per heavy atom. The standard InChI is InChI=1S/C20H31N7O8S/c1-36-5-4-11(21)17(31)26-13(7-16(29)30)19(33)25-12(2-3-15(22)28)18(32)27-14(20(34)35)6-10-8-23-9-24-10/h8-9,11-14H,2-7,21H2,1H3,(H2,22,28)(H,23,24)(H,25,33)(H,26,31)(H,27,32)(H,29,30)(H,34,35). The normalized spacial score (nSPS) is 14.1. The number of nitrogens with zero attached hydrogens (tertiary/aromatic N) is 1. The van der Waals surface area contributed by atoms with Crippen LogP contribution in [0.5, 0.6) is 0 Å². The molecule has 0 aliphatic heterocycles. The van der Waals surface area contributed by atoms with Gasteiger partial charge in [0.2, 0.25) is 23.6 Å². The van der Waals surface area contributed by atoms with E-state index in [1.807, 2.05) is 6.26 Å². The Kier molecular flexibility index (Phi) is 13.0. The summed E-state index contributed by atoms with van der Waals surface area (Å²) in [5.41, 5.74) is 11.3. The van der Waals surface area contributed by atoms with E-state index in [9.17, 15) is 33.9 Å². The maximum Gasteiger partial charge on any atom is 0.326 e. The molecule has 1 rings (SSSR count). The molecule has 0 saturated heterocycles. The first-order valence-electron chi connectivity index (χ1n) is 10.8. The fourth-order valence-corrected chi connectivity index (χ4v) is 3.44. The van der Waals surface area contributed by atoms with Gasteiger partial charge in [-0.15, -0.1) is 0 Å². The summed E-state index contributed by atoms with van der Waals surface area (Å²) >= 11 is 1.45. The minimum absolute atomic E-state index is 0.150. The molecule has 0 aliphatic rings. The van der Waals surface area contributed by atoms with Crippen LogP contribution in [0.3, 0.4) is 0 Å². The second kappa shape index (κ2) is 15.4. The number of hydrogen-bond donors (Lipinski definition) is 8. The van der Waals surface area contributed by atoms with Gasteiger partial charge in [0.25, 0.3) is 0 Å². The second-order valence-electron chi connectivity index (χ2n) is 7.79. The number of imidazole rings is 1. The Balaban J connectivity index is 3.00. The lowest BCUT2D eigenvalue weighted by Crippen LogP contribution is -2.57. The van der Waals surface area contributed by atoms with Crippen molar-refractivity contribution in [3.05, 3.63) is 18.2 Å². The first-order chi connectivity index (χ1) is 16.9. The number of nitrogens with one attached hydrogen (secondary N) is 4. The zero-order valence-electron chi connectivity index (χ0n) is 19.6. The number of aliphatic carboxylic acids is 2. The van der Waals surface area contributed by atoms with Gasteiger partial charge in [-0.3, -0.25) is 24.0 Å². The lowest BCUT2D eigenvalue weighted by molar-refractivity contribution is -0.143. The third kappa shape index (κ3) is 11.2. The van der Waals surface area contributed by atoms with Crippen LogP contribution in [0.25, 0.3) is 0 Å². The number of carboxylic acids is 2. The summed E-state index contributed by atoms with van der Waals surface area (Å²) in [5, 5.41) is 25.4. The summed E-state index contributed by atoms with van der Waals surface area (Å²) in [5.74, 6) is -5.74. The Hall–Kier alpha value is -3.66. The van der Waals surface area contributed by atoms with E-state index in [2.05, 4.69) is 25.9 Å². The molecule has 0 bridgehead atoms. The van der Waals surface area contributed by atoms with Crippen LogP contribution in [0, 0.1) is 0 Å². The van der Waals surface area contributed by atoms with Crippen molar-refractivity contribution in [2.24, 2.45) is 11.5 Å². The topological polar surface area (TPSA) is 260 Å². The number of nitrogens with two attached hydrogens (primary N) is 2. The molecule has 0 aliphatic carbocycles. The Morgan fingerprint density at radius 1 is 1.00 bits per heavy atom. The van der Waals surface area contributed by atoms with Crippen molar-refractivity contribution in [2.45, 2.75) is 56.3 Å². The van der Waals surface area contributed by atoms with Gasteiger partial charge in [0.1, 0.15) is 18.1 Å². The minimum Gasteiger partial charge on any atom is -0.481 e. The van der Waals surface area contributed by atoms with Crippen LogP contribution in [-0.2, 0) is 35.2 Å². The molecule has 16 heteroatoms. The number of aromatic nitrogens is 2. The van der Waals surface area contributed by atoms with Crippen LogP contribution in [0.1, 0.15) is 31.4 Å². The molecule has 0 spiro atoms. The number of thioether (sulfide) groups is 1. The Bertz CT molecular complexity index is 927. The lowest BCUT2D eigenvalue weighted by atomic mass is 10.1. The molecule has 200 valence electrons. The average molecular weight is 530 g/mol. The fourth-order valence-electron chi connectivity index (χ4n) is 2.95. The number of amides is 4. The zero-order chi connectivity index (χ0) is 27.3. The van der Waals surface area contributed by atoms with Crippen molar-refractivity contribution in [3.63, 3.8) is 0 Å². The van der Waals surface area contributed by atoms with Crippen molar-refractivity contribution < 1.29 is 39.0 Å². The molecule has 4 atom stereocenters. The van der Waals surface area contributed by atoms with Crippen LogP contribution < -0.4 is 27.4 Å². The average Bonchev–Trinajstić information content (AvgIpc) is 3.31. The van der Waals surface area contributed by atoms with Crippen molar-refractivity contribution in [2.75, 3.05) is 12.0 Å². The molecule has 15 nitrogen and oxygen atoms in total. The lowest BCUT2D eigenvalue weighted by Gasteiger charge is -2.24. The molecule has 1 aromatic heterocycles. The summed E-state index contributed by atoms with van der Waals surface area (Å²) in [7, 11) is 0. The SMILES string of the molecule is CSCCC(N)C(=O)NC(CC(=O)O)C(=O)NC(CCC(N)=O)C(=O)NC(Cc1cnc[nH]1)C(=O)O. The van der Waals surface area contributed by atoms with Gasteiger partial charge >= 0.3 is 11.9 Å². The highest BCUT2D eigenvalue weighted by Crippen LogP contribution is 2.05. The van der Waals surface area contributed by atoms with E-state index in [-0.39, 0.29) is 25.7 Å². The number of rotatable bonds is 17. The zero-order valence-corrected chi connectivity index (χ0v) is 20.4. The Labute approximate surface area is 210 Å². The maximum atomic E-state index is 12.8. The molecule has 0 saturated carbocycles. The largest absolute Gasteiger partial charge is 0.481 e. The predicted molar refractivity (Wildman–Crippen MR) is 127 cm³/mol. The highest BCUT2D eigenvalue weighted by Gasteiger charge is 2.31. The van der Waals surface area contributed by atoms with E-state index in [0.29, 0.717) is 11.4 Å². The predicted octanol–water partition coefficient (Wildman–Crippen LogP) is -2.69. The third-order valence-corrected chi connectivity index (χ3v) is 5.53. The minimum atomic E-state index is -1.58. The number of aromatic amines is 1. The highest BCUT2D eigenvalue weighted by atomic mass is 32.2. The molecular formula is C20H31N7O8S. The molecule has 0 radical (unpaired) electrons. The van der Waals surface area contributed by atoms with Gasteiger partial charge in [-0.1, -0.05) is 0 Å².